The van der Waals surface area contributed by atoms with Gasteiger partial charge < -0.3 is 19.4 Å². The Morgan fingerprint density at radius 2 is 1.71 bits per heavy atom. The van der Waals surface area contributed by atoms with Crippen molar-refractivity contribution in [3.8, 4) is 0 Å². The number of carbonyl (C=O) groups excluding carboxylic acids is 3. The first kappa shape index (κ1) is 22.1. The smallest absolute Gasteiger partial charge is 0.341 e. The number of aromatic nitrogens is 1. The van der Waals surface area contributed by atoms with Crippen molar-refractivity contribution in [2.24, 2.45) is 0 Å². The van der Waals surface area contributed by atoms with E-state index in [1.807, 2.05) is 22.8 Å². The van der Waals surface area contributed by atoms with Crippen LogP contribution in [0.25, 0.3) is 0 Å². The normalized spacial score (nSPS) is 24.5. The van der Waals surface area contributed by atoms with Crippen LogP contribution in [0, 0.1) is 0 Å². The number of esters is 1. The van der Waals surface area contributed by atoms with Gasteiger partial charge in [0.05, 0.1) is 17.5 Å². The van der Waals surface area contributed by atoms with Gasteiger partial charge in [0.1, 0.15) is 0 Å². The minimum atomic E-state index is -0.744. The van der Waals surface area contributed by atoms with Crippen molar-refractivity contribution in [3.05, 3.63) is 59.4 Å². The van der Waals surface area contributed by atoms with Gasteiger partial charge in [0.2, 0.25) is 11.8 Å². The highest BCUT2D eigenvalue weighted by molar-refractivity contribution is 5.95. The molecule has 1 aromatic heterocycles. The molecule has 8 heteroatoms. The van der Waals surface area contributed by atoms with Crippen molar-refractivity contribution < 1.29 is 19.1 Å². The molecule has 4 aliphatic rings. The van der Waals surface area contributed by atoms with E-state index >= 15 is 0 Å². The molecule has 0 unspecified atom stereocenters. The number of hydrogen-bond donors (Lipinski definition) is 0. The van der Waals surface area contributed by atoms with E-state index in [2.05, 4.69) is 34.1 Å². The Hall–Kier alpha value is -3.42. The molecule has 2 aromatic rings. The van der Waals surface area contributed by atoms with Crippen molar-refractivity contribution in [1.29, 1.82) is 0 Å². The Morgan fingerprint density at radius 1 is 0.971 bits per heavy atom. The van der Waals surface area contributed by atoms with Crippen LogP contribution in [0.5, 0.6) is 0 Å². The van der Waals surface area contributed by atoms with E-state index in [1.165, 1.54) is 0 Å². The van der Waals surface area contributed by atoms with Gasteiger partial charge in [0.25, 0.3) is 0 Å². The molecule has 3 aliphatic heterocycles. The van der Waals surface area contributed by atoms with Crippen molar-refractivity contribution in [2.75, 3.05) is 44.2 Å². The molecule has 3 fully saturated rings. The third-order valence-electron chi connectivity index (χ3n) is 8.22. The molecule has 0 radical (unpaired) electrons. The molecule has 1 aliphatic carbocycles. The highest BCUT2D eigenvalue weighted by Gasteiger charge is 2.57. The number of carbonyl (C=O) groups is 3. The molecule has 182 valence electrons. The lowest BCUT2D eigenvalue weighted by Crippen LogP contribution is -2.48. The quantitative estimate of drug-likeness (QED) is 0.633. The lowest BCUT2D eigenvalue weighted by molar-refractivity contribution is -0.134. The second-order valence-electron chi connectivity index (χ2n) is 10.1. The van der Waals surface area contributed by atoms with Crippen molar-refractivity contribution in [3.63, 3.8) is 0 Å². The Labute approximate surface area is 204 Å². The fourth-order valence-corrected chi connectivity index (χ4v) is 5.98. The standard InChI is InChI=1S/C27H30N4O4/c1-2-23(32)30-15-13-29(14-16-30)20-5-3-19(4-6-20)26(8-9-26)25(34)31-12-10-27(18-31)22-7-11-28-17-21(22)24(33)35-27/h3-7,11,17H,2,8-10,12-16,18H2,1H3/t27-/m0/s1. The van der Waals surface area contributed by atoms with Gasteiger partial charge in [-0.25, -0.2) is 4.79 Å². The molecule has 1 atom stereocenters. The van der Waals surface area contributed by atoms with E-state index in [0.717, 1.165) is 55.8 Å². The SMILES string of the molecule is CCC(=O)N1CCN(c2ccc(C3(C(=O)N4CC[C@@]5(C4)OC(=O)c4cnccc45)CC3)cc2)CC1. The van der Waals surface area contributed by atoms with E-state index in [0.29, 0.717) is 31.5 Å². The van der Waals surface area contributed by atoms with Crippen LogP contribution in [0.15, 0.2) is 42.7 Å². The summed E-state index contributed by atoms with van der Waals surface area (Å²) in [6.07, 6.45) is 6.08. The molecule has 2 saturated heterocycles. The van der Waals surface area contributed by atoms with E-state index in [4.69, 9.17) is 4.74 Å². The van der Waals surface area contributed by atoms with Gasteiger partial charge >= 0.3 is 5.97 Å². The van der Waals surface area contributed by atoms with Crippen LogP contribution in [0.3, 0.4) is 0 Å². The second kappa shape index (κ2) is 8.07. The number of hydrogen-bond acceptors (Lipinski definition) is 6. The first-order chi connectivity index (χ1) is 17.0. The number of likely N-dealkylation sites (tertiary alicyclic amines) is 1. The summed E-state index contributed by atoms with van der Waals surface area (Å²) in [5, 5.41) is 0. The summed E-state index contributed by atoms with van der Waals surface area (Å²) in [6.45, 7) is 6.01. The molecular formula is C27H30N4O4. The molecular weight excluding hydrogens is 444 g/mol. The third-order valence-corrected chi connectivity index (χ3v) is 8.22. The molecule has 1 saturated carbocycles. The van der Waals surface area contributed by atoms with Gasteiger partial charge in [-0.05, 0) is 36.6 Å². The molecule has 35 heavy (non-hydrogen) atoms. The van der Waals surface area contributed by atoms with Crippen molar-refractivity contribution >= 4 is 23.5 Å². The zero-order valence-corrected chi connectivity index (χ0v) is 20.0. The predicted octanol–water partition coefficient (Wildman–Crippen LogP) is 2.47. The fraction of sp³-hybridized carbons (Fsp3) is 0.481. The number of amides is 2. The van der Waals surface area contributed by atoms with Crippen LogP contribution in [0.4, 0.5) is 5.69 Å². The van der Waals surface area contributed by atoms with Crippen LogP contribution in [-0.4, -0.2) is 71.8 Å². The van der Waals surface area contributed by atoms with Gasteiger partial charge in [0, 0.05) is 69.2 Å². The second-order valence-corrected chi connectivity index (χ2v) is 10.1. The first-order valence-corrected chi connectivity index (χ1v) is 12.6. The van der Waals surface area contributed by atoms with Gasteiger partial charge in [0.15, 0.2) is 5.60 Å². The number of pyridine rings is 1. The van der Waals surface area contributed by atoms with Crippen LogP contribution in [0.1, 0.15) is 54.1 Å². The Bertz CT molecular complexity index is 1180. The number of rotatable bonds is 4. The summed E-state index contributed by atoms with van der Waals surface area (Å²) >= 11 is 0. The molecule has 2 amide bonds. The number of fused-ring (bicyclic) bond motifs is 2. The average Bonchev–Trinajstić information content (AvgIpc) is 3.54. The predicted molar refractivity (Wildman–Crippen MR) is 129 cm³/mol. The zero-order chi connectivity index (χ0) is 24.2. The molecule has 1 aromatic carbocycles. The summed E-state index contributed by atoms with van der Waals surface area (Å²) in [7, 11) is 0. The number of benzene rings is 1. The summed E-state index contributed by atoms with van der Waals surface area (Å²) in [5.74, 6) is -0.00297. The molecule has 0 N–H and O–H groups in total. The largest absolute Gasteiger partial charge is 0.449 e. The van der Waals surface area contributed by atoms with Crippen LogP contribution >= 0.6 is 0 Å². The number of ether oxygens (including phenoxy) is 1. The topological polar surface area (TPSA) is 83.0 Å². The number of anilines is 1. The Balaban J connectivity index is 1.15. The van der Waals surface area contributed by atoms with Crippen LogP contribution in [0.2, 0.25) is 0 Å². The lowest BCUT2D eigenvalue weighted by atomic mass is 9.92. The van der Waals surface area contributed by atoms with E-state index in [-0.39, 0.29) is 17.8 Å². The number of nitrogens with zero attached hydrogens (tertiary/aromatic N) is 4. The molecule has 4 heterocycles. The molecule has 8 nitrogen and oxygen atoms in total. The van der Waals surface area contributed by atoms with E-state index < -0.39 is 11.0 Å². The summed E-state index contributed by atoms with van der Waals surface area (Å²) in [4.78, 5) is 48.2. The maximum Gasteiger partial charge on any atom is 0.341 e. The lowest BCUT2D eigenvalue weighted by Gasteiger charge is -2.36. The minimum Gasteiger partial charge on any atom is -0.449 e. The van der Waals surface area contributed by atoms with Crippen molar-refractivity contribution in [1.82, 2.24) is 14.8 Å². The summed E-state index contributed by atoms with van der Waals surface area (Å²) < 4.78 is 5.81. The van der Waals surface area contributed by atoms with Gasteiger partial charge in [-0.3, -0.25) is 14.6 Å². The zero-order valence-electron chi connectivity index (χ0n) is 20.0. The highest BCUT2D eigenvalue weighted by Crippen LogP contribution is 2.52. The maximum atomic E-state index is 13.7. The van der Waals surface area contributed by atoms with Gasteiger partial charge in [-0.15, -0.1) is 0 Å². The molecule has 6 rings (SSSR count). The van der Waals surface area contributed by atoms with E-state index in [9.17, 15) is 14.4 Å². The summed E-state index contributed by atoms with van der Waals surface area (Å²) in [6, 6.07) is 10.2. The Morgan fingerprint density at radius 3 is 2.40 bits per heavy atom. The summed E-state index contributed by atoms with van der Waals surface area (Å²) in [5.41, 5.74) is 2.33. The molecule has 1 spiro atoms. The van der Waals surface area contributed by atoms with Crippen LogP contribution in [-0.2, 0) is 25.3 Å². The van der Waals surface area contributed by atoms with Gasteiger partial charge in [-0.1, -0.05) is 19.1 Å². The Kier molecular flexibility index (Phi) is 5.09. The molecule has 0 bridgehead atoms. The monoisotopic (exact) mass is 474 g/mol. The fourth-order valence-electron chi connectivity index (χ4n) is 5.98. The highest BCUT2D eigenvalue weighted by atomic mass is 16.6. The third kappa shape index (κ3) is 3.49. The first-order valence-electron chi connectivity index (χ1n) is 12.6. The van der Waals surface area contributed by atoms with Crippen LogP contribution < -0.4 is 4.90 Å². The average molecular weight is 475 g/mol. The number of piperazine rings is 1. The van der Waals surface area contributed by atoms with Crippen molar-refractivity contribution in [2.45, 2.75) is 43.6 Å². The minimum absolute atomic E-state index is 0.132. The van der Waals surface area contributed by atoms with E-state index in [1.54, 1.807) is 12.4 Å². The van der Waals surface area contributed by atoms with Gasteiger partial charge in [-0.2, -0.15) is 0 Å². The maximum absolute atomic E-state index is 13.7.